The predicted octanol–water partition coefficient (Wildman–Crippen LogP) is 4.04. The molecule has 2 aromatic rings. The van der Waals surface area contributed by atoms with Gasteiger partial charge in [-0.05, 0) is 48.9 Å². The van der Waals surface area contributed by atoms with Crippen LogP contribution >= 0.6 is 11.6 Å². The van der Waals surface area contributed by atoms with E-state index < -0.39 is 0 Å². The molecule has 0 unspecified atom stereocenters. The fourth-order valence-electron chi connectivity index (χ4n) is 1.52. The first-order valence-electron chi connectivity index (χ1n) is 5.39. The Labute approximate surface area is 109 Å². The quantitative estimate of drug-likeness (QED) is 0.870. The van der Waals surface area contributed by atoms with Gasteiger partial charge < -0.3 is 5.32 Å². The maximum absolute atomic E-state index is 12.7. The molecule has 0 aliphatic heterocycles. The second kappa shape index (κ2) is 5.19. The molecule has 0 aliphatic rings. The summed E-state index contributed by atoms with van der Waals surface area (Å²) >= 11 is 6.01. The minimum absolute atomic E-state index is 0.319. The lowest BCUT2D eigenvalue weighted by atomic mass is 10.2. The molecule has 0 saturated heterocycles. The van der Waals surface area contributed by atoms with E-state index >= 15 is 0 Å². The van der Waals surface area contributed by atoms with Crippen molar-refractivity contribution < 1.29 is 9.18 Å². The molecular weight excluding hydrogens is 253 g/mol. The number of rotatable bonds is 2. The molecule has 2 nitrogen and oxygen atoms in total. The van der Waals surface area contributed by atoms with Crippen LogP contribution in [0.15, 0.2) is 42.5 Å². The Morgan fingerprint density at radius 2 is 1.83 bits per heavy atom. The zero-order chi connectivity index (χ0) is 13.1. The standard InChI is InChI=1S/C14H11ClFNO/c1-9-2-7-13(12(15)8-9)17-14(18)10-3-5-11(16)6-4-10/h2-8H,1H3,(H,17,18). The molecular formula is C14H11ClFNO. The highest BCUT2D eigenvalue weighted by atomic mass is 35.5. The molecule has 1 amide bonds. The summed E-state index contributed by atoms with van der Waals surface area (Å²) in [5, 5.41) is 3.16. The van der Waals surface area contributed by atoms with E-state index in [9.17, 15) is 9.18 Å². The van der Waals surface area contributed by atoms with Crippen LogP contribution in [0.5, 0.6) is 0 Å². The Kier molecular flexibility index (Phi) is 3.63. The number of carbonyl (C=O) groups is 1. The number of anilines is 1. The van der Waals surface area contributed by atoms with Crippen molar-refractivity contribution in [3.05, 3.63) is 64.4 Å². The molecule has 0 atom stereocenters. The van der Waals surface area contributed by atoms with Gasteiger partial charge >= 0.3 is 0 Å². The highest BCUT2D eigenvalue weighted by molar-refractivity contribution is 6.34. The molecule has 0 aliphatic carbocycles. The van der Waals surface area contributed by atoms with Crippen LogP contribution in [0.2, 0.25) is 5.02 Å². The lowest BCUT2D eigenvalue weighted by Crippen LogP contribution is -2.12. The Hall–Kier alpha value is -1.87. The first-order chi connectivity index (χ1) is 8.56. The highest BCUT2D eigenvalue weighted by Gasteiger charge is 2.08. The maximum Gasteiger partial charge on any atom is 0.255 e. The SMILES string of the molecule is Cc1ccc(NC(=O)c2ccc(F)cc2)c(Cl)c1. The third kappa shape index (κ3) is 2.87. The van der Waals surface area contributed by atoms with Crippen LogP contribution in [-0.4, -0.2) is 5.91 Å². The number of aryl methyl sites for hydroxylation is 1. The van der Waals surface area contributed by atoms with Crippen LogP contribution in [0.3, 0.4) is 0 Å². The van der Waals surface area contributed by atoms with Crippen molar-refractivity contribution in [2.45, 2.75) is 6.92 Å². The maximum atomic E-state index is 12.7. The monoisotopic (exact) mass is 263 g/mol. The van der Waals surface area contributed by atoms with Crippen LogP contribution in [-0.2, 0) is 0 Å². The third-order valence-corrected chi connectivity index (χ3v) is 2.79. The number of benzene rings is 2. The molecule has 92 valence electrons. The molecule has 2 aromatic carbocycles. The molecule has 0 bridgehead atoms. The zero-order valence-corrected chi connectivity index (χ0v) is 10.5. The summed E-state index contributed by atoms with van der Waals surface area (Å²) in [6, 6.07) is 10.7. The lowest BCUT2D eigenvalue weighted by Gasteiger charge is -2.07. The minimum Gasteiger partial charge on any atom is -0.321 e. The van der Waals surface area contributed by atoms with Crippen LogP contribution in [0.1, 0.15) is 15.9 Å². The van der Waals surface area contributed by atoms with E-state index in [-0.39, 0.29) is 11.7 Å². The summed E-state index contributed by atoms with van der Waals surface area (Å²) in [6.07, 6.45) is 0. The number of carbonyl (C=O) groups excluding carboxylic acids is 1. The van der Waals surface area contributed by atoms with Gasteiger partial charge in [-0.2, -0.15) is 0 Å². The van der Waals surface area contributed by atoms with Crippen LogP contribution in [0, 0.1) is 12.7 Å². The van der Waals surface area contributed by atoms with E-state index in [1.807, 2.05) is 13.0 Å². The average molecular weight is 264 g/mol. The van der Waals surface area contributed by atoms with Crippen molar-refractivity contribution in [1.29, 1.82) is 0 Å². The highest BCUT2D eigenvalue weighted by Crippen LogP contribution is 2.23. The Morgan fingerprint density at radius 3 is 2.44 bits per heavy atom. The van der Waals surface area contributed by atoms with Gasteiger partial charge in [0, 0.05) is 5.56 Å². The van der Waals surface area contributed by atoms with Crippen molar-refractivity contribution >= 4 is 23.2 Å². The summed E-state index contributed by atoms with van der Waals surface area (Å²) in [7, 11) is 0. The number of amides is 1. The molecule has 2 rings (SSSR count). The summed E-state index contributed by atoms with van der Waals surface area (Å²) in [5.41, 5.74) is 1.93. The first-order valence-corrected chi connectivity index (χ1v) is 5.77. The number of nitrogens with one attached hydrogen (secondary N) is 1. The van der Waals surface area contributed by atoms with Gasteiger partial charge in [0.1, 0.15) is 5.82 Å². The van der Waals surface area contributed by atoms with E-state index in [1.54, 1.807) is 12.1 Å². The van der Waals surface area contributed by atoms with Crippen LogP contribution < -0.4 is 5.32 Å². The lowest BCUT2D eigenvalue weighted by molar-refractivity contribution is 0.102. The Bertz CT molecular complexity index is 581. The van der Waals surface area contributed by atoms with Crippen molar-refractivity contribution in [2.75, 3.05) is 5.32 Å². The number of halogens is 2. The van der Waals surface area contributed by atoms with Crippen molar-refractivity contribution in [3.8, 4) is 0 Å². The van der Waals surface area contributed by atoms with Crippen molar-refractivity contribution in [3.63, 3.8) is 0 Å². The van der Waals surface area contributed by atoms with Gasteiger partial charge in [0.25, 0.3) is 5.91 Å². The fraction of sp³-hybridized carbons (Fsp3) is 0.0714. The van der Waals surface area contributed by atoms with E-state index in [2.05, 4.69) is 5.32 Å². The van der Waals surface area contributed by atoms with E-state index in [0.717, 1.165) is 5.56 Å². The van der Waals surface area contributed by atoms with Crippen LogP contribution in [0.4, 0.5) is 10.1 Å². The average Bonchev–Trinajstić information content (AvgIpc) is 2.33. The van der Waals surface area contributed by atoms with Gasteiger partial charge in [-0.25, -0.2) is 4.39 Å². The second-order valence-electron chi connectivity index (χ2n) is 3.94. The number of hydrogen-bond acceptors (Lipinski definition) is 1. The third-order valence-electron chi connectivity index (χ3n) is 2.48. The molecule has 0 heterocycles. The van der Waals surface area contributed by atoms with Gasteiger partial charge in [-0.3, -0.25) is 4.79 Å². The van der Waals surface area contributed by atoms with Gasteiger partial charge in [-0.1, -0.05) is 17.7 Å². The zero-order valence-electron chi connectivity index (χ0n) is 9.71. The van der Waals surface area contributed by atoms with Crippen molar-refractivity contribution in [2.24, 2.45) is 0 Å². The largest absolute Gasteiger partial charge is 0.321 e. The summed E-state index contributed by atoms with van der Waals surface area (Å²) in [4.78, 5) is 11.9. The Balaban J connectivity index is 2.18. The molecule has 0 spiro atoms. The smallest absolute Gasteiger partial charge is 0.255 e. The van der Waals surface area contributed by atoms with Gasteiger partial charge in [0.2, 0.25) is 0 Å². The molecule has 4 heteroatoms. The second-order valence-corrected chi connectivity index (χ2v) is 4.35. The van der Waals surface area contributed by atoms with E-state index in [0.29, 0.717) is 16.3 Å². The predicted molar refractivity (Wildman–Crippen MR) is 70.5 cm³/mol. The van der Waals surface area contributed by atoms with E-state index in [4.69, 9.17) is 11.6 Å². The van der Waals surface area contributed by atoms with Gasteiger partial charge in [-0.15, -0.1) is 0 Å². The molecule has 0 fully saturated rings. The molecule has 0 saturated carbocycles. The van der Waals surface area contributed by atoms with E-state index in [1.165, 1.54) is 24.3 Å². The fourth-order valence-corrected chi connectivity index (χ4v) is 1.80. The summed E-state index contributed by atoms with van der Waals surface area (Å²) < 4.78 is 12.7. The molecule has 18 heavy (non-hydrogen) atoms. The first kappa shape index (κ1) is 12.6. The molecule has 0 aromatic heterocycles. The molecule has 0 radical (unpaired) electrons. The van der Waals surface area contributed by atoms with Crippen LogP contribution in [0.25, 0.3) is 0 Å². The summed E-state index contributed by atoms with van der Waals surface area (Å²) in [6.45, 7) is 1.91. The molecule has 1 N–H and O–H groups in total. The Morgan fingerprint density at radius 1 is 1.17 bits per heavy atom. The minimum atomic E-state index is -0.375. The normalized spacial score (nSPS) is 10.2. The summed E-state index contributed by atoms with van der Waals surface area (Å²) in [5.74, 6) is -0.694. The topological polar surface area (TPSA) is 29.1 Å². The van der Waals surface area contributed by atoms with Gasteiger partial charge in [0.05, 0.1) is 10.7 Å². The van der Waals surface area contributed by atoms with Crippen molar-refractivity contribution in [1.82, 2.24) is 0 Å². The van der Waals surface area contributed by atoms with Gasteiger partial charge in [0.15, 0.2) is 0 Å². The number of hydrogen-bond donors (Lipinski definition) is 1.